The van der Waals surface area contributed by atoms with Crippen LogP contribution in [0.3, 0.4) is 0 Å². The molecule has 1 aliphatic heterocycles. The highest BCUT2D eigenvalue weighted by Crippen LogP contribution is 2.40. The van der Waals surface area contributed by atoms with Gasteiger partial charge in [0.25, 0.3) is 0 Å². The van der Waals surface area contributed by atoms with E-state index in [-0.39, 0.29) is 37.3 Å². The summed E-state index contributed by atoms with van der Waals surface area (Å²) in [5.74, 6) is -5.92. The SMILES string of the molecule is CC(=O)N[C@@H]1[C@@H](OC(C)=O)[C@@H](OC(C)=O)[C@@H](COC(C)=O)O[C@@H]1NC(=S)C1CCC(C(=O)O)(C(=O)O)CC1. The molecular weight excluding hydrogens is 528 g/mol. The summed E-state index contributed by atoms with van der Waals surface area (Å²) >= 11 is 5.52. The molecule has 212 valence electrons. The molecule has 4 N–H and O–H groups in total. The van der Waals surface area contributed by atoms with Crippen LogP contribution in [0.5, 0.6) is 0 Å². The molecule has 2 rings (SSSR count). The molecule has 1 aliphatic carbocycles. The summed E-state index contributed by atoms with van der Waals surface area (Å²) in [7, 11) is 0. The number of carbonyl (C=O) groups excluding carboxylic acids is 4. The Morgan fingerprint density at radius 1 is 0.868 bits per heavy atom. The third kappa shape index (κ3) is 7.60. The molecule has 0 spiro atoms. The predicted molar refractivity (Wildman–Crippen MR) is 129 cm³/mol. The Kier molecular flexibility index (Phi) is 10.5. The first-order chi connectivity index (χ1) is 17.7. The van der Waals surface area contributed by atoms with Gasteiger partial charge >= 0.3 is 29.8 Å². The number of carbonyl (C=O) groups is 6. The van der Waals surface area contributed by atoms with Gasteiger partial charge in [-0.3, -0.25) is 28.8 Å². The van der Waals surface area contributed by atoms with E-state index >= 15 is 0 Å². The third-order valence-corrected chi connectivity index (χ3v) is 6.88. The molecule has 0 bridgehead atoms. The van der Waals surface area contributed by atoms with E-state index in [9.17, 15) is 39.0 Å². The van der Waals surface area contributed by atoms with Crippen molar-refractivity contribution in [2.24, 2.45) is 11.3 Å². The van der Waals surface area contributed by atoms with Gasteiger partial charge in [-0.05, 0) is 25.7 Å². The lowest BCUT2D eigenvalue weighted by Gasteiger charge is -2.46. The maximum Gasteiger partial charge on any atom is 0.321 e. The lowest BCUT2D eigenvalue weighted by atomic mass is 9.70. The number of thiocarbonyl (C=S) groups is 1. The summed E-state index contributed by atoms with van der Waals surface area (Å²) in [5.41, 5.74) is -1.90. The second kappa shape index (κ2) is 13.0. The van der Waals surface area contributed by atoms with Gasteiger partial charge in [0.2, 0.25) is 5.91 Å². The van der Waals surface area contributed by atoms with E-state index < -0.39 is 77.7 Å². The molecule has 0 unspecified atom stereocenters. The average molecular weight is 561 g/mol. The predicted octanol–water partition coefficient (Wildman–Crippen LogP) is -0.0947. The largest absolute Gasteiger partial charge is 0.480 e. The van der Waals surface area contributed by atoms with Gasteiger partial charge < -0.3 is 39.8 Å². The van der Waals surface area contributed by atoms with Crippen molar-refractivity contribution in [3.63, 3.8) is 0 Å². The average Bonchev–Trinajstić information content (AvgIpc) is 2.80. The number of hydrogen-bond donors (Lipinski definition) is 4. The van der Waals surface area contributed by atoms with Gasteiger partial charge in [-0.2, -0.15) is 0 Å². The highest BCUT2D eigenvalue weighted by Gasteiger charge is 2.52. The number of ether oxygens (including phenoxy) is 4. The van der Waals surface area contributed by atoms with Crippen LogP contribution in [0.25, 0.3) is 0 Å². The summed E-state index contributed by atoms with van der Waals surface area (Å²) in [5, 5.41) is 24.5. The van der Waals surface area contributed by atoms with Crippen molar-refractivity contribution < 1.29 is 57.9 Å². The molecule has 0 radical (unpaired) electrons. The number of rotatable bonds is 9. The van der Waals surface area contributed by atoms with Gasteiger partial charge in [0.1, 0.15) is 18.8 Å². The van der Waals surface area contributed by atoms with Crippen molar-refractivity contribution in [3.05, 3.63) is 0 Å². The molecule has 0 aromatic rings. The lowest BCUT2D eigenvalue weighted by molar-refractivity contribution is -0.225. The monoisotopic (exact) mass is 560 g/mol. The summed E-state index contributed by atoms with van der Waals surface area (Å²) in [6.07, 6.45) is -4.81. The quantitative estimate of drug-likeness (QED) is 0.126. The molecule has 1 saturated carbocycles. The fourth-order valence-corrected chi connectivity index (χ4v) is 4.96. The van der Waals surface area contributed by atoms with Crippen molar-refractivity contribution in [2.75, 3.05) is 6.61 Å². The molecule has 2 fully saturated rings. The Morgan fingerprint density at radius 2 is 1.39 bits per heavy atom. The number of carboxylic acids is 2. The molecule has 14 nitrogen and oxygen atoms in total. The van der Waals surface area contributed by atoms with E-state index in [1.165, 1.54) is 6.92 Å². The minimum Gasteiger partial charge on any atom is -0.480 e. The maximum absolute atomic E-state index is 12.0. The van der Waals surface area contributed by atoms with Gasteiger partial charge in [-0.1, -0.05) is 12.2 Å². The molecule has 1 heterocycles. The first kappa shape index (κ1) is 30.9. The van der Waals surface area contributed by atoms with E-state index in [1.54, 1.807) is 0 Å². The summed E-state index contributed by atoms with van der Waals surface area (Å²) in [4.78, 5) is 70.7. The zero-order valence-electron chi connectivity index (χ0n) is 21.4. The molecule has 2 aliphatic rings. The molecule has 15 heteroatoms. The van der Waals surface area contributed by atoms with Crippen LogP contribution in [-0.4, -0.2) is 88.1 Å². The van der Waals surface area contributed by atoms with Crippen LogP contribution in [0.4, 0.5) is 0 Å². The normalized spacial score (nSPS) is 26.8. The van der Waals surface area contributed by atoms with E-state index in [2.05, 4.69) is 10.6 Å². The van der Waals surface area contributed by atoms with Crippen LogP contribution in [0.1, 0.15) is 53.4 Å². The summed E-state index contributed by atoms with van der Waals surface area (Å²) in [6.45, 7) is 4.24. The van der Waals surface area contributed by atoms with E-state index in [4.69, 9.17) is 31.2 Å². The van der Waals surface area contributed by atoms with Gasteiger partial charge in [-0.25, -0.2) is 0 Å². The first-order valence-corrected chi connectivity index (χ1v) is 12.3. The third-order valence-electron chi connectivity index (χ3n) is 6.43. The van der Waals surface area contributed by atoms with Crippen LogP contribution in [0.15, 0.2) is 0 Å². The Labute approximate surface area is 223 Å². The van der Waals surface area contributed by atoms with Crippen LogP contribution >= 0.6 is 12.2 Å². The number of hydrogen-bond acceptors (Lipinski definition) is 11. The summed E-state index contributed by atoms with van der Waals surface area (Å²) < 4.78 is 21.8. The van der Waals surface area contributed by atoms with Crippen molar-refractivity contribution in [2.45, 2.75) is 84.0 Å². The molecule has 38 heavy (non-hydrogen) atoms. The second-order valence-electron chi connectivity index (χ2n) is 9.25. The Bertz CT molecular complexity index is 961. The maximum atomic E-state index is 12.0. The van der Waals surface area contributed by atoms with E-state index in [0.717, 1.165) is 20.8 Å². The first-order valence-electron chi connectivity index (χ1n) is 11.9. The van der Waals surface area contributed by atoms with Crippen LogP contribution in [0, 0.1) is 11.3 Å². The van der Waals surface area contributed by atoms with Crippen LogP contribution < -0.4 is 10.6 Å². The van der Waals surface area contributed by atoms with Crippen molar-refractivity contribution in [3.8, 4) is 0 Å². The Hall–Kier alpha value is -3.33. The highest BCUT2D eigenvalue weighted by molar-refractivity contribution is 7.80. The summed E-state index contributed by atoms with van der Waals surface area (Å²) in [6, 6.07) is -1.12. The van der Waals surface area contributed by atoms with Crippen LogP contribution in [0.2, 0.25) is 0 Å². The molecule has 0 aromatic heterocycles. The van der Waals surface area contributed by atoms with Crippen molar-refractivity contribution >= 4 is 53.0 Å². The fourth-order valence-electron chi connectivity index (χ4n) is 4.61. The van der Waals surface area contributed by atoms with Gasteiger partial charge in [0.05, 0.1) is 4.99 Å². The number of nitrogens with one attached hydrogen (secondary N) is 2. The van der Waals surface area contributed by atoms with E-state index in [0.29, 0.717) is 0 Å². The van der Waals surface area contributed by atoms with Crippen molar-refractivity contribution in [1.29, 1.82) is 0 Å². The highest BCUT2D eigenvalue weighted by atomic mass is 32.1. The molecule has 1 amide bonds. The number of amides is 1. The minimum absolute atomic E-state index is 0.148. The Balaban J connectivity index is 2.33. The standard InChI is InChI=1S/C23H32N2O12S/c1-10(26)24-16-18(36-13(4)29)17(35-12(3)28)15(9-34-11(2)27)37-19(16)25-20(38)14-5-7-23(8-6-14,21(30)31)22(32)33/h14-19H,5-9H2,1-4H3,(H,24,26)(H,25,38)(H,30,31)(H,32,33)/t15-,16-,17+,18-,19+/m1/s1. The Morgan fingerprint density at radius 3 is 1.84 bits per heavy atom. The van der Waals surface area contributed by atoms with E-state index in [1.807, 2.05) is 0 Å². The lowest BCUT2D eigenvalue weighted by Crippen LogP contribution is -2.69. The molecular formula is C23H32N2O12S. The van der Waals surface area contributed by atoms with Gasteiger partial charge in [-0.15, -0.1) is 0 Å². The number of carboxylic acid groups (broad SMARTS) is 2. The molecule has 5 atom stereocenters. The molecule has 0 aromatic carbocycles. The van der Waals surface area contributed by atoms with Crippen LogP contribution in [-0.2, 0) is 47.7 Å². The topological polar surface area (TPSA) is 204 Å². The zero-order valence-corrected chi connectivity index (χ0v) is 22.2. The van der Waals surface area contributed by atoms with Gasteiger partial charge in [0, 0.05) is 33.6 Å². The zero-order chi connectivity index (χ0) is 28.8. The van der Waals surface area contributed by atoms with Gasteiger partial charge in [0.15, 0.2) is 23.9 Å². The minimum atomic E-state index is -1.90. The second-order valence-corrected chi connectivity index (χ2v) is 9.69. The smallest absolute Gasteiger partial charge is 0.321 e. The fraction of sp³-hybridized carbons (Fsp3) is 0.696. The number of aliphatic carboxylic acids is 2. The van der Waals surface area contributed by atoms with Crippen molar-refractivity contribution in [1.82, 2.24) is 10.6 Å². The number of esters is 3. The molecule has 1 saturated heterocycles.